The second-order valence-corrected chi connectivity index (χ2v) is 8.19. The molecule has 0 bridgehead atoms. The Morgan fingerprint density at radius 2 is 1.78 bits per heavy atom. The van der Waals surface area contributed by atoms with Gasteiger partial charge < -0.3 is 20.1 Å². The van der Waals surface area contributed by atoms with Crippen LogP contribution in [0, 0.1) is 5.41 Å². The van der Waals surface area contributed by atoms with E-state index >= 15 is 0 Å². The third-order valence-corrected chi connectivity index (χ3v) is 6.79. The zero-order valence-corrected chi connectivity index (χ0v) is 15.9. The van der Waals surface area contributed by atoms with Crippen LogP contribution in [0.4, 0.5) is 0 Å². The summed E-state index contributed by atoms with van der Waals surface area (Å²) in [6.45, 7) is 1.87. The van der Waals surface area contributed by atoms with E-state index in [1.807, 2.05) is 24.3 Å². The molecule has 1 unspecified atom stereocenters. The van der Waals surface area contributed by atoms with Crippen LogP contribution in [-0.2, 0) is 19.7 Å². The van der Waals surface area contributed by atoms with Crippen molar-refractivity contribution in [2.75, 3.05) is 26.9 Å². The van der Waals surface area contributed by atoms with Gasteiger partial charge in [-0.15, -0.1) is 0 Å². The maximum Gasteiger partial charge on any atom is 0.240 e. The third kappa shape index (κ3) is 3.00. The summed E-state index contributed by atoms with van der Waals surface area (Å²) in [5, 5.41) is 0. The van der Waals surface area contributed by atoms with Gasteiger partial charge in [0.05, 0.1) is 12.5 Å². The molecule has 1 atom stereocenters. The second kappa shape index (κ2) is 6.82. The summed E-state index contributed by atoms with van der Waals surface area (Å²) < 4.78 is 10.8. The average Bonchev–Trinajstić information content (AvgIpc) is 3.49. The minimum atomic E-state index is -0.529. The Morgan fingerprint density at radius 3 is 2.33 bits per heavy atom. The fraction of sp³-hybridized carbons (Fsp3) is 0.619. The van der Waals surface area contributed by atoms with Crippen LogP contribution in [0.15, 0.2) is 24.3 Å². The SMILES string of the molecule is COc1ccc(C2(C(=O)N3CCCC4(CCOCC4)C3C(N)=O)CC2)cc1. The third-order valence-electron chi connectivity index (χ3n) is 6.79. The number of ether oxygens (including phenoxy) is 2. The molecule has 1 spiro atoms. The molecule has 1 aromatic carbocycles. The van der Waals surface area contributed by atoms with Gasteiger partial charge in [0.1, 0.15) is 11.8 Å². The molecule has 2 amide bonds. The first-order valence-corrected chi connectivity index (χ1v) is 9.85. The van der Waals surface area contributed by atoms with Crippen LogP contribution in [0.1, 0.15) is 44.1 Å². The number of hydrogen-bond acceptors (Lipinski definition) is 4. The first kappa shape index (κ1) is 18.3. The summed E-state index contributed by atoms with van der Waals surface area (Å²) in [4.78, 5) is 27.9. The monoisotopic (exact) mass is 372 g/mol. The van der Waals surface area contributed by atoms with Crippen LogP contribution in [-0.4, -0.2) is 49.6 Å². The lowest BCUT2D eigenvalue weighted by Gasteiger charge is -2.51. The van der Waals surface area contributed by atoms with Crippen molar-refractivity contribution >= 4 is 11.8 Å². The number of hydrogen-bond donors (Lipinski definition) is 1. The quantitative estimate of drug-likeness (QED) is 0.876. The Labute approximate surface area is 160 Å². The van der Waals surface area contributed by atoms with Gasteiger partial charge in [-0.1, -0.05) is 12.1 Å². The fourth-order valence-electron chi connectivity index (χ4n) is 5.11. The van der Waals surface area contributed by atoms with Gasteiger partial charge in [-0.05, 0) is 56.2 Å². The van der Waals surface area contributed by atoms with Crippen molar-refractivity contribution in [2.45, 2.75) is 50.0 Å². The molecular weight excluding hydrogens is 344 g/mol. The first-order valence-electron chi connectivity index (χ1n) is 9.85. The van der Waals surface area contributed by atoms with E-state index in [9.17, 15) is 9.59 Å². The number of nitrogens with two attached hydrogens (primary N) is 1. The van der Waals surface area contributed by atoms with Crippen LogP contribution < -0.4 is 10.5 Å². The van der Waals surface area contributed by atoms with Gasteiger partial charge in [-0.3, -0.25) is 9.59 Å². The maximum atomic E-state index is 13.6. The summed E-state index contributed by atoms with van der Waals surface area (Å²) in [5.74, 6) is 0.452. The molecular formula is C21H28N2O4. The van der Waals surface area contributed by atoms with Crippen molar-refractivity contribution < 1.29 is 19.1 Å². The molecule has 6 nitrogen and oxygen atoms in total. The molecule has 2 aliphatic heterocycles. The smallest absolute Gasteiger partial charge is 0.240 e. The predicted molar refractivity (Wildman–Crippen MR) is 100 cm³/mol. The van der Waals surface area contributed by atoms with Crippen LogP contribution in [0.2, 0.25) is 0 Å². The summed E-state index contributed by atoms with van der Waals surface area (Å²) >= 11 is 0. The fourth-order valence-corrected chi connectivity index (χ4v) is 5.11. The lowest BCUT2D eigenvalue weighted by atomic mass is 9.67. The highest BCUT2D eigenvalue weighted by Gasteiger charge is 2.58. The zero-order chi connectivity index (χ0) is 19.1. The number of carbonyl (C=O) groups excluding carboxylic acids is 2. The molecule has 3 aliphatic rings. The number of carbonyl (C=O) groups is 2. The predicted octanol–water partition coefficient (Wildman–Crippen LogP) is 2.00. The Balaban J connectivity index is 1.64. The van der Waals surface area contributed by atoms with Crippen molar-refractivity contribution in [1.82, 2.24) is 4.90 Å². The van der Waals surface area contributed by atoms with E-state index in [0.29, 0.717) is 19.8 Å². The van der Waals surface area contributed by atoms with E-state index in [2.05, 4.69) is 0 Å². The molecule has 2 saturated heterocycles. The van der Waals surface area contributed by atoms with Gasteiger partial charge in [0.15, 0.2) is 0 Å². The van der Waals surface area contributed by atoms with E-state index in [4.69, 9.17) is 15.2 Å². The van der Waals surface area contributed by atoms with Crippen LogP contribution in [0.5, 0.6) is 5.75 Å². The molecule has 3 fully saturated rings. The highest BCUT2D eigenvalue weighted by molar-refractivity contribution is 5.95. The topological polar surface area (TPSA) is 81.9 Å². The molecule has 0 radical (unpaired) electrons. The number of benzene rings is 1. The number of methoxy groups -OCH3 is 1. The number of piperidine rings is 1. The standard InChI is InChI=1S/C21H28N2O4/c1-26-16-5-3-15(4-6-16)21(8-9-21)19(25)23-12-2-7-20(17(23)18(22)24)10-13-27-14-11-20/h3-6,17H,2,7-14H2,1H3,(H2,22,24). The molecule has 1 aliphatic carbocycles. The summed E-state index contributed by atoms with van der Waals surface area (Å²) in [5.41, 5.74) is 6.12. The van der Waals surface area contributed by atoms with Crippen molar-refractivity contribution in [3.05, 3.63) is 29.8 Å². The van der Waals surface area contributed by atoms with Gasteiger partial charge in [0, 0.05) is 25.2 Å². The summed E-state index contributed by atoms with van der Waals surface area (Å²) in [6.07, 6.45) is 5.06. The van der Waals surface area contributed by atoms with Crippen molar-refractivity contribution in [3.8, 4) is 5.75 Å². The minimum Gasteiger partial charge on any atom is -0.497 e. The van der Waals surface area contributed by atoms with Crippen LogP contribution >= 0.6 is 0 Å². The van der Waals surface area contributed by atoms with Gasteiger partial charge in [0.25, 0.3) is 0 Å². The van der Waals surface area contributed by atoms with E-state index in [1.54, 1.807) is 12.0 Å². The Kier molecular flexibility index (Phi) is 4.62. The van der Waals surface area contributed by atoms with Gasteiger partial charge in [0.2, 0.25) is 11.8 Å². The highest BCUT2D eigenvalue weighted by Crippen LogP contribution is 2.52. The Morgan fingerprint density at radius 1 is 1.11 bits per heavy atom. The normalized spacial score (nSPS) is 25.8. The molecule has 4 rings (SSSR count). The Bertz CT molecular complexity index is 715. The van der Waals surface area contributed by atoms with Gasteiger partial charge in [-0.2, -0.15) is 0 Å². The molecule has 0 aromatic heterocycles. The van der Waals surface area contributed by atoms with E-state index < -0.39 is 11.5 Å². The number of primary amides is 1. The van der Waals surface area contributed by atoms with E-state index in [1.165, 1.54) is 0 Å². The van der Waals surface area contributed by atoms with Crippen molar-refractivity contribution in [1.29, 1.82) is 0 Å². The molecule has 1 saturated carbocycles. The van der Waals surface area contributed by atoms with Crippen molar-refractivity contribution in [3.63, 3.8) is 0 Å². The van der Waals surface area contributed by atoms with Crippen LogP contribution in [0.25, 0.3) is 0 Å². The second-order valence-electron chi connectivity index (χ2n) is 8.19. The Hall–Kier alpha value is -2.08. The molecule has 146 valence electrons. The largest absolute Gasteiger partial charge is 0.497 e. The van der Waals surface area contributed by atoms with E-state index in [-0.39, 0.29) is 17.2 Å². The van der Waals surface area contributed by atoms with Gasteiger partial charge >= 0.3 is 0 Å². The number of likely N-dealkylation sites (tertiary alicyclic amines) is 1. The van der Waals surface area contributed by atoms with Gasteiger partial charge in [-0.25, -0.2) is 0 Å². The zero-order valence-electron chi connectivity index (χ0n) is 15.9. The molecule has 27 heavy (non-hydrogen) atoms. The first-order chi connectivity index (χ1) is 13.0. The minimum absolute atomic E-state index is 0.0574. The number of amides is 2. The number of rotatable bonds is 4. The molecule has 2 N–H and O–H groups in total. The maximum absolute atomic E-state index is 13.6. The molecule has 2 heterocycles. The van der Waals surface area contributed by atoms with Crippen molar-refractivity contribution in [2.24, 2.45) is 11.1 Å². The summed E-state index contributed by atoms with van der Waals surface area (Å²) in [7, 11) is 1.63. The average molecular weight is 372 g/mol. The molecule has 6 heteroatoms. The number of nitrogens with zero attached hydrogens (tertiary/aromatic N) is 1. The van der Waals surface area contributed by atoms with E-state index in [0.717, 1.165) is 49.8 Å². The lowest BCUT2D eigenvalue weighted by Crippen LogP contribution is -2.63. The molecule has 1 aromatic rings. The van der Waals surface area contributed by atoms with Crippen LogP contribution in [0.3, 0.4) is 0 Å². The lowest BCUT2D eigenvalue weighted by molar-refractivity contribution is -0.155. The highest BCUT2D eigenvalue weighted by atomic mass is 16.5. The summed E-state index contributed by atoms with van der Waals surface area (Å²) in [6, 6.07) is 7.20.